The third-order valence-electron chi connectivity index (χ3n) is 4.70. The summed E-state index contributed by atoms with van der Waals surface area (Å²) in [4.78, 5) is 23.9. The van der Waals surface area contributed by atoms with Crippen molar-refractivity contribution in [2.45, 2.75) is 51.0 Å². The van der Waals surface area contributed by atoms with Crippen LogP contribution in [0.2, 0.25) is 0 Å². The van der Waals surface area contributed by atoms with Crippen LogP contribution in [0.15, 0.2) is 0 Å². The number of aromatic nitrogens is 3. The predicted octanol–water partition coefficient (Wildman–Crippen LogP) is 0.0699. The average molecular weight is 291 g/mol. The van der Waals surface area contributed by atoms with E-state index in [-0.39, 0.29) is 29.7 Å². The van der Waals surface area contributed by atoms with Crippen molar-refractivity contribution in [3.05, 3.63) is 11.4 Å². The van der Waals surface area contributed by atoms with E-state index in [0.29, 0.717) is 6.42 Å². The van der Waals surface area contributed by atoms with Crippen molar-refractivity contribution in [1.82, 2.24) is 20.7 Å². The smallest absolute Gasteiger partial charge is 0.223 e. The Morgan fingerprint density at radius 1 is 1.14 bits per heavy atom. The van der Waals surface area contributed by atoms with E-state index < -0.39 is 0 Å². The van der Waals surface area contributed by atoms with Crippen molar-refractivity contribution in [2.75, 3.05) is 0 Å². The molecule has 7 nitrogen and oxygen atoms in total. The van der Waals surface area contributed by atoms with Crippen molar-refractivity contribution in [3.63, 3.8) is 0 Å². The predicted molar refractivity (Wildman–Crippen MR) is 75.0 cm³/mol. The molecular formula is C14H21N5O2. The molecule has 0 aromatic carbocycles. The van der Waals surface area contributed by atoms with Crippen LogP contribution in [0.1, 0.15) is 43.5 Å². The first-order chi connectivity index (χ1) is 10.1. The number of H-pyrrole nitrogens is 1. The van der Waals surface area contributed by atoms with Crippen molar-refractivity contribution in [2.24, 2.45) is 17.6 Å². The second-order valence-corrected chi connectivity index (χ2v) is 6.07. The fraction of sp³-hybridized carbons (Fsp3) is 0.714. The molecule has 0 aliphatic heterocycles. The highest BCUT2D eigenvalue weighted by Gasteiger charge is 2.33. The molecule has 3 unspecified atom stereocenters. The molecule has 1 fully saturated rings. The van der Waals surface area contributed by atoms with E-state index in [1.54, 1.807) is 0 Å². The summed E-state index contributed by atoms with van der Waals surface area (Å²) in [5, 5.41) is 13.8. The third-order valence-corrected chi connectivity index (χ3v) is 4.70. The lowest BCUT2D eigenvalue weighted by Crippen LogP contribution is -2.49. The lowest BCUT2D eigenvalue weighted by molar-refractivity contribution is -0.128. The van der Waals surface area contributed by atoms with Gasteiger partial charge in [-0.2, -0.15) is 15.4 Å². The molecule has 114 valence electrons. The minimum atomic E-state index is -0.303. The number of nitrogens with one attached hydrogen (secondary N) is 2. The number of hydrogen-bond acceptors (Lipinski definition) is 4. The SMILES string of the molecule is NC(=O)C1CCCCC1NC(=O)C1CCc2n[nH]nc2C1. The van der Waals surface area contributed by atoms with Crippen LogP contribution in [0, 0.1) is 11.8 Å². The molecular weight excluding hydrogens is 270 g/mol. The van der Waals surface area contributed by atoms with Gasteiger partial charge in [-0.15, -0.1) is 0 Å². The van der Waals surface area contributed by atoms with E-state index in [2.05, 4.69) is 20.7 Å². The Morgan fingerprint density at radius 2 is 1.90 bits per heavy atom. The average Bonchev–Trinajstić information content (AvgIpc) is 2.94. The number of nitrogens with zero attached hydrogens (tertiary/aromatic N) is 2. The van der Waals surface area contributed by atoms with Crippen LogP contribution >= 0.6 is 0 Å². The molecule has 21 heavy (non-hydrogen) atoms. The summed E-state index contributed by atoms with van der Waals surface area (Å²) in [5.74, 6) is -0.601. The summed E-state index contributed by atoms with van der Waals surface area (Å²) >= 11 is 0. The number of carbonyl (C=O) groups is 2. The monoisotopic (exact) mass is 291 g/mol. The number of fused-ring (bicyclic) bond motifs is 1. The molecule has 0 bridgehead atoms. The second-order valence-electron chi connectivity index (χ2n) is 6.07. The zero-order valence-corrected chi connectivity index (χ0v) is 12.0. The van der Waals surface area contributed by atoms with Crippen molar-refractivity contribution in [1.29, 1.82) is 0 Å². The molecule has 1 aromatic rings. The number of nitrogens with two attached hydrogens (primary N) is 1. The largest absolute Gasteiger partial charge is 0.369 e. The first-order valence-corrected chi connectivity index (χ1v) is 7.63. The molecule has 7 heteroatoms. The minimum Gasteiger partial charge on any atom is -0.369 e. The zero-order valence-electron chi connectivity index (χ0n) is 12.0. The van der Waals surface area contributed by atoms with Crippen LogP contribution in [-0.4, -0.2) is 33.3 Å². The first-order valence-electron chi connectivity index (χ1n) is 7.63. The van der Waals surface area contributed by atoms with Gasteiger partial charge in [0.25, 0.3) is 0 Å². The number of hydrogen-bond donors (Lipinski definition) is 3. The van der Waals surface area contributed by atoms with Gasteiger partial charge < -0.3 is 11.1 Å². The van der Waals surface area contributed by atoms with Crippen molar-refractivity contribution >= 4 is 11.8 Å². The summed E-state index contributed by atoms with van der Waals surface area (Å²) < 4.78 is 0. The van der Waals surface area contributed by atoms with E-state index >= 15 is 0 Å². The topological polar surface area (TPSA) is 114 Å². The van der Waals surface area contributed by atoms with Gasteiger partial charge in [0.1, 0.15) is 0 Å². The quantitative estimate of drug-likeness (QED) is 0.731. The van der Waals surface area contributed by atoms with Crippen LogP contribution < -0.4 is 11.1 Å². The second kappa shape index (κ2) is 5.83. The molecule has 2 amide bonds. The third kappa shape index (κ3) is 2.91. The van der Waals surface area contributed by atoms with Crippen LogP contribution in [0.5, 0.6) is 0 Å². The highest BCUT2D eigenvalue weighted by atomic mass is 16.2. The first kappa shape index (κ1) is 14.0. The number of carbonyl (C=O) groups excluding carboxylic acids is 2. The maximum Gasteiger partial charge on any atom is 0.223 e. The molecule has 2 aliphatic carbocycles. The lowest BCUT2D eigenvalue weighted by Gasteiger charge is -2.31. The summed E-state index contributed by atoms with van der Waals surface area (Å²) in [6.45, 7) is 0. The van der Waals surface area contributed by atoms with Crippen LogP contribution in [0.4, 0.5) is 0 Å². The molecule has 1 aromatic heterocycles. The lowest BCUT2D eigenvalue weighted by atomic mass is 9.83. The molecule has 3 rings (SSSR count). The zero-order chi connectivity index (χ0) is 14.8. The summed E-state index contributed by atoms with van der Waals surface area (Å²) in [6, 6.07) is -0.109. The highest BCUT2D eigenvalue weighted by Crippen LogP contribution is 2.26. The van der Waals surface area contributed by atoms with Crippen molar-refractivity contribution < 1.29 is 9.59 Å². The Bertz CT molecular complexity index is 541. The van der Waals surface area contributed by atoms with E-state index in [1.807, 2.05) is 0 Å². The molecule has 3 atom stereocenters. The number of rotatable bonds is 3. The van der Waals surface area contributed by atoms with E-state index in [0.717, 1.165) is 49.9 Å². The van der Waals surface area contributed by atoms with Crippen molar-refractivity contribution in [3.8, 4) is 0 Å². The normalized spacial score (nSPS) is 28.7. The van der Waals surface area contributed by atoms with Crippen LogP contribution in [-0.2, 0) is 22.4 Å². The van der Waals surface area contributed by atoms with Crippen LogP contribution in [0.3, 0.4) is 0 Å². The highest BCUT2D eigenvalue weighted by molar-refractivity contribution is 5.82. The summed E-state index contributed by atoms with van der Waals surface area (Å²) in [5.41, 5.74) is 7.30. The Balaban J connectivity index is 1.62. The number of aryl methyl sites for hydroxylation is 1. The van der Waals surface area contributed by atoms with Crippen LogP contribution in [0.25, 0.3) is 0 Å². The van der Waals surface area contributed by atoms with Gasteiger partial charge in [-0.05, 0) is 25.7 Å². The van der Waals surface area contributed by atoms with Gasteiger partial charge in [0.15, 0.2) is 0 Å². The van der Waals surface area contributed by atoms with E-state index in [9.17, 15) is 9.59 Å². The molecule has 0 saturated heterocycles. The Hall–Kier alpha value is -1.92. The fourth-order valence-electron chi connectivity index (χ4n) is 3.45. The van der Waals surface area contributed by atoms with Gasteiger partial charge >= 0.3 is 0 Å². The van der Waals surface area contributed by atoms with E-state index in [4.69, 9.17) is 5.73 Å². The van der Waals surface area contributed by atoms with Gasteiger partial charge in [0, 0.05) is 18.4 Å². The van der Waals surface area contributed by atoms with Gasteiger partial charge in [0.05, 0.1) is 17.3 Å². The van der Waals surface area contributed by atoms with Gasteiger partial charge in [0.2, 0.25) is 11.8 Å². The molecule has 2 aliphatic rings. The van der Waals surface area contributed by atoms with Gasteiger partial charge in [-0.1, -0.05) is 12.8 Å². The standard InChI is InChI=1S/C14H21N5O2/c15-13(20)9-3-1-2-4-10(9)16-14(21)8-5-6-11-12(7-8)18-19-17-11/h8-10H,1-7H2,(H2,15,20)(H,16,21)(H,17,18,19). The summed E-state index contributed by atoms with van der Waals surface area (Å²) in [6.07, 6.45) is 5.82. The van der Waals surface area contributed by atoms with Gasteiger partial charge in [-0.3, -0.25) is 9.59 Å². The van der Waals surface area contributed by atoms with Gasteiger partial charge in [-0.25, -0.2) is 0 Å². The molecule has 1 saturated carbocycles. The maximum absolute atomic E-state index is 12.4. The maximum atomic E-state index is 12.4. The summed E-state index contributed by atoms with van der Waals surface area (Å²) in [7, 11) is 0. The number of primary amides is 1. The Kier molecular flexibility index (Phi) is 3.90. The fourth-order valence-corrected chi connectivity index (χ4v) is 3.45. The Morgan fingerprint density at radius 3 is 2.71 bits per heavy atom. The number of amides is 2. The molecule has 0 radical (unpaired) electrons. The molecule has 1 heterocycles. The van der Waals surface area contributed by atoms with E-state index in [1.165, 1.54) is 0 Å². The molecule has 0 spiro atoms. The molecule has 4 N–H and O–H groups in total. The number of aromatic amines is 1. The minimum absolute atomic E-state index is 0.0156. The Labute approximate surface area is 123 Å².